The fraction of sp³-hybridized carbons (Fsp3) is 0.308. The van der Waals surface area contributed by atoms with Crippen molar-refractivity contribution in [3.63, 3.8) is 0 Å². The Kier molecular flexibility index (Phi) is 3.02. The maximum absolute atomic E-state index is 6.24. The highest BCUT2D eigenvalue weighted by molar-refractivity contribution is 5.73. The second-order valence-corrected chi connectivity index (χ2v) is 4.60. The average Bonchev–Trinajstić information content (AvgIpc) is 3.09. The van der Waals surface area contributed by atoms with Crippen molar-refractivity contribution in [2.75, 3.05) is 17.2 Å². The maximum Gasteiger partial charge on any atom is 0.208 e. The monoisotopic (exact) mass is 271 g/mol. The van der Waals surface area contributed by atoms with E-state index in [1.807, 2.05) is 17.9 Å². The number of aromatic nitrogens is 5. The van der Waals surface area contributed by atoms with Crippen LogP contribution >= 0.6 is 0 Å². The zero-order valence-electron chi connectivity index (χ0n) is 11.5. The highest BCUT2D eigenvalue weighted by Gasteiger charge is 2.20. The van der Waals surface area contributed by atoms with Gasteiger partial charge in [0.1, 0.15) is 0 Å². The lowest BCUT2D eigenvalue weighted by molar-refractivity contribution is 0.811. The molecule has 3 rings (SSSR count). The lowest BCUT2D eigenvalue weighted by atomic mass is 10.3. The van der Waals surface area contributed by atoms with Gasteiger partial charge in [0.2, 0.25) is 5.95 Å². The standard InChI is InChI=1S/C13H17N7/c1-3-8-19(13-15-6-7-16-13)12-11(14)9(2)18-10-4-5-17-20(10)12/h4-7H,3,8,14H2,1-2H3,(H,15,16). The summed E-state index contributed by atoms with van der Waals surface area (Å²) in [5.41, 5.74) is 8.42. The number of imidazole rings is 1. The van der Waals surface area contributed by atoms with Crippen LogP contribution < -0.4 is 10.6 Å². The minimum Gasteiger partial charge on any atom is -0.394 e. The van der Waals surface area contributed by atoms with Gasteiger partial charge >= 0.3 is 0 Å². The van der Waals surface area contributed by atoms with E-state index in [1.165, 1.54) is 0 Å². The number of nitrogens with two attached hydrogens (primary N) is 1. The molecule has 0 saturated heterocycles. The molecule has 0 aliphatic heterocycles. The largest absolute Gasteiger partial charge is 0.394 e. The quantitative estimate of drug-likeness (QED) is 0.756. The number of aryl methyl sites for hydroxylation is 1. The first-order valence-corrected chi connectivity index (χ1v) is 6.59. The number of rotatable bonds is 4. The van der Waals surface area contributed by atoms with E-state index in [4.69, 9.17) is 5.73 Å². The normalized spacial score (nSPS) is 11.1. The Hall–Kier alpha value is -2.57. The van der Waals surface area contributed by atoms with Gasteiger partial charge in [-0.1, -0.05) is 6.92 Å². The Bertz CT molecular complexity index is 714. The van der Waals surface area contributed by atoms with E-state index in [9.17, 15) is 0 Å². The highest BCUT2D eigenvalue weighted by atomic mass is 15.4. The van der Waals surface area contributed by atoms with Gasteiger partial charge in [-0.2, -0.15) is 9.61 Å². The van der Waals surface area contributed by atoms with Crippen molar-refractivity contribution >= 4 is 23.1 Å². The molecule has 0 fully saturated rings. The van der Waals surface area contributed by atoms with Crippen LogP contribution in [0.5, 0.6) is 0 Å². The van der Waals surface area contributed by atoms with E-state index in [0.29, 0.717) is 5.69 Å². The fourth-order valence-corrected chi connectivity index (χ4v) is 2.25. The van der Waals surface area contributed by atoms with Crippen LogP contribution in [0.15, 0.2) is 24.7 Å². The molecule has 0 bridgehead atoms. The van der Waals surface area contributed by atoms with Crippen LogP contribution in [0.3, 0.4) is 0 Å². The van der Waals surface area contributed by atoms with Crippen molar-refractivity contribution in [1.82, 2.24) is 24.6 Å². The second kappa shape index (κ2) is 4.84. The third-order valence-electron chi connectivity index (χ3n) is 3.18. The molecule has 3 aromatic rings. The molecule has 7 heteroatoms. The molecule has 7 nitrogen and oxygen atoms in total. The summed E-state index contributed by atoms with van der Waals surface area (Å²) >= 11 is 0. The molecular weight excluding hydrogens is 254 g/mol. The summed E-state index contributed by atoms with van der Waals surface area (Å²) in [6.45, 7) is 4.80. The van der Waals surface area contributed by atoms with E-state index >= 15 is 0 Å². The minimum atomic E-state index is 0.617. The van der Waals surface area contributed by atoms with E-state index in [1.54, 1.807) is 23.1 Å². The minimum absolute atomic E-state index is 0.617. The number of hydrogen-bond donors (Lipinski definition) is 2. The summed E-state index contributed by atoms with van der Waals surface area (Å²) in [5.74, 6) is 1.55. The number of nitrogen functional groups attached to an aromatic ring is 1. The first-order chi connectivity index (χ1) is 9.72. The number of aromatic amines is 1. The molecule has 0 spiro atoms. The van der Waals surface area contributed by atoms with Crippen LogP contribution in [0.1, 0.15) is 19.0 Å². The molecule has 3 heterocycles. The van der Waals surface area contributed by atoms with Crippen LogP contribution in [0, 0.1) is 6.92 Å². The van der Waals surface area contributed by atoms with Crippen LogP contribution in [0.4, 0.5) is 17.5 Å². The fourth-order valence-electron chi connectivity index (χ4n) is 2.25. The molecule has 0 unspecified atom stereocenters. The summed E-state index contributed by atoms with van der Waals surface area (Å²) in [7, 11) is 0. The Balaban J connectivity index is 2.24. The number of H-pyrrole nitrogens is 1. The van der Waals surface area contributed by atoms with Gasteiger partial charge < -0.3 is 10.7 Å². The predicted octanol–water partition coefficient (Wildman–Crippen LogP) is 1.89. The van der Waals surface area contributed by atoms with E-state index in [0.717, 1.165) is 36.1 Å². The summed E-state index contributed by atoms with van der Waals surface area (Å²) in [5, 5.41) is 4.32. The molecule has 0 aliphatic carbocycles. The molecule has 0 aliphatic rings. The maximum atomic E-state index is 6.24. The van der Waals surface area contributed by atoms with Crippen molar-refractivity contribution in [1.29, 1.82) is 0 Å². The van der Waals surface area contributed by atoms with Gasteiger partial charge in [0, 0.05) is 25.0 Å². The van der Waals surface area contributed by atoms with Crippen LogP contribution in [-0.4, -0.2) is 31.1 Å². The van der Waals surface area contributed by atoms with Crippen LogP contribution in [-0.2, 0) is 0 Å². The zero-order valence-corrected chi connectivity index (χ0v) is 11.5. The molecule has 3 aromatic heterocycles. The van der Waals surface area contributed by atoms with Gasteiger partial charge in [0.05, 0.1) is 17.6 Å². The smallest absolute Gasteiger partial charge is 0.208 e. The number of hydrogen-bond acceptors (Lipinski definition) is 5. The third kappa shape index (κ3) is 1.87. The Labute approximate surface area is 116 Å². The van der Waals surface area contributed by atoms with Crippen molar-refractivity contribution in [3.8, 4) is 0 Å². The van der Waals surface area contributed by atoms with Crippen molar-refractivity contribution in [2.45, 2.75) is 20.3 Å². The number of fused-ring (bicyclic) bond motifs is 1. The first-order valence-electron chi connectivity index (χ1n) is 6.59. The summed E-state index contributed by atoms with van der Waals surface area (Å²) in [4.78, 5) is 13.9. The Morgan fingerprint density at radius 1 is 1.40 bits per heavy atom. The topological polar surface area (TPSA) is 88.1 Å². The lowest BCUT2D eigenvalue weighted by Gasteiger charge is -2.24. The van der Waals surface area contributed by atoms with Gasteiger partial charge in [0.15, 0.2) is 11.5 Å². The molecule has 104 valence electrons. The molecule has 0 atom stereocenters. The molecule has 0 amide bonds. The zero-order chi connectivity index (χ0) is 14.1. The van der Waals surface area contributed by atoms with Crippen molar-refractivity contribution in [3.05, 3.63) is 30.4 Å². The molecule has 0 saturated carbocycles. The first kappa shape index (κ1) is 12.5. The van der Waals surface area contributed by atoms with E-state index < -0.39 is 0 Å². The Morgan fingerprint density at radius 3 is 2.95 bits per heavy atom. The number of anilines is 3. The Morgan fingerprint density at radius 2 is 2.25 bits per heavy atom. The van der Waals surface area contributed by atoms with Gasteiger partial charge in [-0.3, -0.25) is 4.90 Å². The van der Waals surface area contributed by atoms with Gasteiger partial charge in [0.25, 0.3) is 0 Å². The van der Waals surface area contributed by atoms with Crippen molar-refractivity contribution in [2.24, 2.45) is 0 Å². The predicted molar refractivity (Wildman–Crippen MR) is 78.0 cm³/mol. The van der Waals surface area contributed by atoms with Crippen LogP contribution in [0.25, 0.3) is 5.65 Å². The average molecular weight is 271 g/mol. The summed E-state index contributed by atoms with van der Waals surface area (Å²) in [6.07, 6.45) is 6.20. The lowest BCUT2D eigenvalue weighted by Crippen LogP contribution is -2.24. The number of nitrogens with one attached hydrogen (secondary N) is 1. The van der Waals surface area contributed by atoms with E-state index in [-0.39, 0.29) is 0 Å². The molecule has 0 radical (unpaired) electrons. The molecular formula is C13H17N7. The van der Waals surface area contributed by atoms with Crippen LogP contribution in [0.2, 0.25) is 0 Å². The SMILES string of the molecule is CCCN(c1ncc[nH]1)c1c(N)c(C)nc2ccnn12. The van der Waals surface area contributed by atoms with Gasteiger partial charge in [-0.15, -0.1) is 0 Å². The van der Waals surface area contributed by atoms with Gasteiger partial charge in [-0.05, 0) is 13.3 Å². The van der Waals surface area contributed by atoms with E-state index in [2.05, 4.69) is 27.0 Å². The van der Waals surface area contributed by atoms with Gasteiger partial charge in [-0.25, -0.2) is 9.97 Å². The summed E-state index contributed by atoms with van der Waals surface area (Å²) < 4.78 is 1.75. The third-order valence-corrected chi connectivity index (χ3v) is 3.18. The van der Waals surface area contributed by atoms with Crippen molar-refractivity contribution < 1.29 is 0 Å². The second-order valence-electron chi connectivity index (χ2n) is 4.60. The summed E-state index contributed by atoms with van der Waals surface area (Å²) in [6, 6.07) is 1.86. The number of nitrogens with zero attached hydrogens (tertiary/aromatic N) is 5. The molecule has 20 heavy (non-hydrogen) atoms. The molecule has 0 aromatic carbocycles. The molecule has 3 N–H and O–H groups in total. The highest BCUT2D eigenvalue weighted by Crippen LogP contribution is 2.30.